The second-order valence-corrected chi connectivity index (χ2v) is 11.4. The summed E-state index contributed by atoms with van der Waals surface area (Å²) in [4.78, 5) is 12.5. The van der Waals surface area contributed by atoms with Gasteiger partial charge in [-0.15, -0.1) is 10.2 Å². The zero-order chi connectivity index (χ0) is 26.9. The molecule has 0 unspecified atom stereocenters. The summed E-state index contributed by atoms with van der Waals surface area (Å²) in [6.45, 7) is 3.67. The molecule has 2 heterocycles. The minimum atomic E-state index is -3.92. The van der Waals surface area contributed by atoms with Gasteiger partial charge in [-0.3, -0.25) is 9.36 Å². The molecule has 3 aromatic carbocycles. The number of thioether (sulfide) groups is 1. The molecular formula is C27H23FN4O4S2. The van der Waals surface area contributed by atoms with E-state index in [1.54, 1.807) is 66.9 Å². The third-order valence-electron chi connectivity index (χ3n) is 5.84. The Labute approximate surface area is 223 Å². The Morgan fingerprint density at radius 1 is 1.00 bits per heavy atom. The Balaban J connectivity index is 1.71. The van der Waals surface area contributed by atoms with Gasteiger partial charge in [0.1, 0.15) is 11.1 Å². The number of hydrogen-bond acceptors (Lipinski definition) is 7. The van der Waals surface area contributed by atoms with Gasteiger partial charge in [0.25, 0.3) is 10.0 Å². The summed E-state index contributed by atoms with van der Waals surface area (Å²) < 4.78 is 49.0. The van der Waals surface area contributed by atoms with Crippen LogP contribution in [0.15, 0.2) is 95.1 Å². The largest absolute Gasteiger partial charge is 0.465 e. The Hall–Kier alpha value is -3.96. The van der Waals surface area contributed by atoms with E-state index in [4.69, 9.17) is 4.74 Å². The van der Waals surface area contributed by atoms with E-state index in [0.29, 0.717) is 33.1 Å². The predicted octanol–water partition coefficient (Wildman–Crippen LogP) is 5.31. The van der Waals surface area contributed by atoms with Gasteiger partial charge in [0.2, 0.25) is 0 Å². The zero-order valence-electron chi connectivity index (χ0n) is 20.5. The van der Waals surface area contributed by atoms with Crippen LogP contribution < -0.4 is 0 Å². The fraction of sp³-hybridized carbons (Fsp3) is 0.148. The van der Waals surface area contributed by atoms with E-state index in [2.05, 4.69) is 10.2 Å². The van der Waals surface area contributed by atoms with E-state index < -0.39 is 27.1 Å². The van der Waals surface area contributed by atoms with Crippen LogP contribution in [0.5, 0.6) is 0 Å². The van der Waals surface area contributed by atoms with E-state index in [-0.39, 0.29) is 11.5 Å². The molecule has 0 amide bonds. The summed E-state index contributed by atoms with van der Waals surface area (Å²) in [5.41, 5.74) is 1.52. The highest BCUT2D eigenvalue weighted by Crippen LogP contribution is 2.36. The van der Waals surface area contributed by atoms with Gasteiger partial charge in [0, 0.05) is 22.8 Å². The number of fused-ring (bicyclic) bond motifs is 1. The normalized spacial score (nSPS) is 12.5. The second-order valence-electron chi connectivity index (χ2n) is 8.30. The van der Waals surface area contributed by atoms with Crippen molar-refractivity contribution in [1.82, 2.24) is 18.7 Å². The predicted molar refractivity (Wildman–Crippen MR) is 143 cm³/mol. The molecule has 0 aliphatic heterocycles. The van der Waals surface area contributed by atoms with Gasteiger partial charge in [0.05, 0.1) is 17.0 Å². The van der Waals surface area contributed by atoms with Crippen LogP contribution in [0.4, 0.5) is 4.39 Å². The first-order valence-corrected chi connectivity index (χ1v) is 14.1. The van der Waals surface area contributed by atoms with Crippen molar-refractivity contribution in [2.24, 2.45) is 0 Å². The number of hydrogen-bond donors (Lipinski definition) is 0. The smallest absolute Gasteiger partial charge is 0.319 e. The van der Waals surface area contributed by atoms with Crippen LogP contribution in [-0.2, 0) is 19.6 Å². The van der Waals surface area contributed by atoms with E-state index in [1.165, 1.54) is 34.4 Å². The molecule has 0 spiro atoms. The maximum Gasteiger partial charge on any atom is 0.319 e. The van der Waals surface area contributed by atoms with Gasteiger partial charge in [-0.05, 0) is 56.3 Å². The highest BCUT2D eigenvalue weighted by molar-refractivity contribution is 8.00. The SMILES string of the molecule is CCOC(=O)[C@H](C)Sc1nnc(-c2cn(S(=O)(=O)c3ccccc3)c3ccccc23)n1-c1ccc(F)cc1. The summed E-state index contributed by atoms with van der Waals surface area (Å²) in [7, 11) is -3.92. The molecule has 0 saturated heterocycles. The summed E-state index contributed by atoms with van der Waals surface area (Å²) in [5.74, 6) is -0.477. The molecule has 8 nitrogen and oxygen atoms in total. The van der Waals surface area contributed by atoms with Crippen molar-refractivity contribution in [3.8, 4) is 17.1 Å². The molecule has 2 aromatic heterocycles. The third kappa shape index (κ3) is 4.70. The summed E-state index contributed by atoms with van der Waals surface area (Å²) in [6, 6.07) is 21.0. The Kier molecular flexibility index (Phi) is 7.04. The number of esters is 1. The monoisotopic (exact) mass is 550 g/mol. The van der Waals surface area contributed by atoms with E-state index in [0.717, 1.165) is 11.8 Å². The lowest BCUT2D eigenvalue weighted by molar-refractivity contribution is -0.142. The van der Waals surface area contributed by atoms with Crippen LogP contribution in [0.25, 0.3) is 28.0 Å². The Morgan fingerprint density at radius 2 is 1.68 bits per heavy atom. The molecule has 0 saturated carbocycles. The molecule has 0 aliphatic rings. The van der Waals surface area contributed by atoms with Gasteiger partial charge in [0.15, 0.2) is 11.0 Å². The quantitative estimate of drug-likeness (QED) is 0.191. The average molecular weight is 551 g/mol. The maximum atomic E-state index is 13.8. The van der Waals surface area contributed by atoms with Gasteiger partial charge in [-0.25, -0.2) is 16.8 Å². The minimum absolute atomic E-state index is 0.145. The molecular weight excluding hydrogens is 527 g/mol. The molecule has 0 aliphatic carbocycles. The summed E-state index contributed by atoms with van der Waals surface area (Å²) >= 11 is 1.14. The van der Waals surface area contributed by atoms with E-state index >= 15 is 0 Å². The number of nitrogens with zero attached hydrogens (tertiary/aromatic N) is 4. The molecule has 0 N–H and O–H groups in total. The van der Waals surface area contributed by atoms with Crippen molar-refractivity contribution in [3.05, 3.63) is 90.9 Å². The van der Waals surface area contributed by atoms with Gasteiger partial charge in [-0.2, -0.15) is 0 Å². The van der Waals surface area contributed by atoms with Gasteiger partial charge < -0.3 is 4.74 Å². The average Bonchev–Trinajstić information content (AvgIpc) is 3.51. The first-order chi connectivity index (χ1) is 18.3. The number of rotatable bonds is 8. The molecule has 194 valence electrons. The van der Waals surface area contributed by atoms with Crippen molar-refractivity contribution in [1.29, 1.82) is 0 Å². The molecule has 38 heavy (non-hydrogen) atoms. The third-order valence-corrected chi connectivity index (χ3v) is 8.55. The lowest BCUT2D eigenvalue weighted by Crippen LogP contribution is -2.17. The topological polar surface area (TPSA) is 96.1 Å². The number of aromatic nitrogens is 4. The number of ether oxygens (including phenoxy) is 1. The van der Waals surface area contributed by atoms with Crippen LogP contribution in [0.1, 0.15) is 13.8 Å². The van der Waals surface area contributed by atoms with Gasteiger partial charge >= 0.3 is 5.97 Å². The van der Waals surface area contributed by atoms with Crippen LogP contribution in [0.2, 0.25) is 0 Å². The van der Waals surface area contributed by atoms with Crippen LogP contribution in [0.3, 0.4) is 0 Å². The lowest BCUT2D eigenvalue weighted by Gasteiger charge is -2.13. The van der Waals surface area contributed by atoms with E-state index in [9.17, 15) is 17.6 Å². The standard InChI is InChI=1S/C27H23FN4O4S2/c1-3-36-26(33)18(2)37-27-30-29-25(32(27)20-15-13-19(28)14-16-20)23-17-31(24-12-8-7-11-22(23)24)38(34,35)21-9-5-4-6-10-21/h4-18H,3H2,1-2H3/t18-/m0/s1. The number of carbonyl (C=O) groups is 1. The van der Waals surface area contributed by atoms with Crippen LogP contribution >= 0.6 is 11.8 Å². The molecule has 0 fully saturated rings. The van der Waals surface area contributed by atoms with Gasteiger partial charge in [-0.1, -0.05) is 48.2 Å². The van der Waals surface area contributed by atoms with Crippen molar-refractivity contribution in [2.75, 3.05) is 6.61 Å². The first-order valence-electron chi connectivity index (χ1n) is 11.8. The summed E-state index contributed by atoms with van der Waals surface area (Å²) in [6.07, 6.45) is 1.51. The number of benzene rings is 3. The molecule has 0 radical (unpaired) electrons. The molecule has 11 heteroatoms. The maximum absolute atomic E-state index is 13.8. The first kappa shape index (κ1) is 25.7. The van der Waals surface area contributed by atoms with Crippen molar-refractivity contribution < 1.29 is 22.3 Å². The fourth-order valence-electron chi connectivity index (χ4n) is 4.04. The lowest BCUT2D eigenvalue weighted by atomic mass is 10.1. The van der Waals surface area contributed by atoms with Crippen molar-refractivity contribution >= 4 is 38.7 Å². The van der Waals surface area contributed by atoms with Crippen LogP contribution in [-0.4, -0.2) is 45.0 Å². The Morgan fingerprint density at radius 3 is 2.39 bits per heavy atom. The summed E-state index contributed by atoms with van der Waals surface area (Å²) in [5, 5.41) is 9.14. The molecule has 0 bridgehead atoms. The van der Waals surface area contributed by atoms with Crippen molar-refractivity contribution in [2.45, 2.75) is 29.1 Å². The Bertz CT molecular complexity index is 1720. The fourth-order valence-corrected chi connectivity index (χ4v) is 6.30. The number of halogens is 1. The number of para-hydroxylation sites is 1. The molecule has 5 aromatic rings. The van der Waals surface area contributed by atoms with E-state index in [1.807, 2.05) is 6.07 Å². The molecule has 1 atom stereocenters. The second kappa shape index (κ2) is 10.4. The highest BCUT2D eigenvalue weighted by Gasteiger charge is 2.27. The van der Waals surface area contributed by atoms with Crippen molar-refractivity contribution in [3.63, 3.8) is 0 Å². The minimum Gasteiger partial charge on any atom is -0.465 e. The highest BCUT2D eigenvalue weighted by atomic mass is 32.2. The number of carbonyl (C=O) groups excluding carboxylic acids is 1. The molecule has 5 rings (SSSR count). The zero-order valence-corrected chi connectivity index (χ0v) is 22.1. The van der Waals surface area contributed by atoms with Crippen LogP contribution in [0, 0.1) is 5.82 Å².